The van der Waals surface area contributed by atoms with E-state index in [-0.39, 0.29) is 17.3 Å². The summed E-state index contributed by atoms with van der Waals surface area (Å²) in [6.45, 7) is 4.26. The molecule has 1 heterocycles. The molecule has 1 aliphatic rings. The lowest BCUT2D eigenvalue weighted by molar-refractivity contribution is 0.378. The van der Waals surface area contributed by atoms with Gasteiger partial charge in [-0.2, -0.15) is 9.37 Å². The van der Waals surface area contributed by atoms with Crippen molar-refractivity contribution in [1.29, 1.82) is 0 Å². The molecule has 1 saturated carbocycles. The summed E-state index contributed by atoms with van der Waals surface area (Å²) in [5, 5.41) is 2.84. The standard InChI is InChI=1S/C12H15F3N2/c1-12(2)4-3-7(6-12)16-11-9(14)5-8(13)10(15)17-11/h5,7H,3-4,6H2,1-2H3,(H,16,17). The van der Waals surface area contributed by atoms with Crippen molar-refractivity contribution in [3.8, 4) is 0 Å². The molecule has 17 heavy (non-hydrogen) atoms. The van der Waals surface area contributed by atoms with Crippen LogP contribution in [0.5, 0.6) is 0 Å². The first-order chi connectivity index (χ1) is 7.87. The van der Waals surface area contributed by atoms with Crippen LogP contribution in [0.2, 0.25) is 0 Å². The fraction of sp³-hybridized carbons (Fsp3) is 0.583. The monoisotopic (exact) mass is 244 g/mol. The number of aromatic nitrogens is 1. The van der Waals surface area contributed by atoms with Crippen LogP contribution in [0.15, 0.2) is 6.07 Å². The summed E-state index contributed by atoms with van der Waals surface area (Å²) < 4.78 is 38.9. The molecule has 1 unspecified atom stereocenters. The average Bonchev–Trinajstić information content (AvgIpc) is 2.54. The van der Waals surface area contributed by atoms with Gasteiger partial charge in [0, 0.05) is 12.1 Å². The Balaban J connectivity index is 2.12. The molecule has 1 aliphatic carbocycles. The number of nitrogens with zero attached hydrogens (tertiary/aromatic N) is 1. The van der Waals surface area contributed by atoms with Crippen LogP contribution in [0.4, 0.5) is 19.0 Å². The van der Waals surface area contributed by atoms with Gasteiger partial charge < -0.3 is 5.32 Å². The van der Waals surface area contributed by atoms with E-state index < -0.39 is 17.6 Å². The second-order valence-electron chi connectivity index (χ2n) is 5.34. The van der Waals surface area contributed by atoms with Crippen molar-refractivity contribution in [2.24, 2.45) is 5.41 Å². The summed E-state index contributed by atoms with van der Waals surface area (Å²) in [5.74, 6) is -3.59. The summed E-state index contributed by atoms with van der Waals surface area (Å²) >= 11 is 0. The highest BCUT2D eigenvalue weighted by molar-refractivity contribution is 5.37. The maximum atomic E-state index is 13.3. The van der Waals surface area contributed by atoms with E-state index in [2.05, 4.69) is 24.1 Å². The van der Waals surface area contributed by atoms with Crippen LogP contribution in [0.1, 0.15) is 33.1 Å². The molecule has 1 fully saturated rings. The van der Waals surface area contributed by atoms with E-state index in [0.717, 1.165) is 19.3 Å². The predicted molar refractivity (Wildman–Crippen MR) is 59.2 cm³/mol. The highest BCUT2D eigenvalue weighted by Crippen LogP contribution is 2.38. The van der Waals surface area contributed by atoms with Gasteiger partial charge >= 0.3 is 0 Å². The normalized spacial score (nSPS) is 22.8. The molecule has 94 valence electrons. The second kappa shape index (κ2) is 4.20. The van der Waals surface area contributed by atoms with Gasteiger partial charge in [-0.05, 0) is 24.7 Å². The molecule has 5 heteroatoms. The van der Waals surface area contributed by atoms with Crippen LogP contribution in [0, 0.1) is 23.0 Å². The summed E-state index contributed by atoms with van der Waals surface area (Å²) in [6, 6.07) is 0.585. The Morgan fingerprint density at radius 2 is 2.00 bits per heavy atom. The van der Waals surface area contributed by atoms with E-state index in [0.29, 0.717) is 6.07 Å². The molecule has 1 aromatic heterocycles. The van der Waals surface area contributed by atoms with Crippen molar-refractivity contribution in [1.82, 2.24) is 4.98 Å². The van der Waals surface area contributed by atoms with E-state index in [1.807, 2.05) is 0 Å². The van der Waals surface area contributed by atoms with Crippen LogP contribution in [-0.4, -0.2) is 11.0 Å². The number of hydrogen-bond acceptors (Lipinski definition) is 2. The van der Waals surface area contributed by atoms with Crippen LogP contribution < -0.4 is 5.32 Å². The smallest absolute Gasteiger partial charge is 0.251 e. The Morgan fingerprint density at radius 3 is 2.59 bits per heavy atom. The predicted octanol–water partition coefficient (Wildman–Crippen LogP) is 3.49. The summed E-state index contributed by atoms with van der Waals surface area (Å²) in [5.41, 5.74) is 0.201. The molecule has 1 atom stereocenters. The third-order valence-corrected chi connectivity index (χ3v) is 3.20. The molecule has 0 aliphatic heterocycles. The molecule has 2 nitrogen and oxygen atoms in total. The minimum Gasteiger partial charge on any atom is -0.365 e. The topological polar surface area (TPSA) is 24.9 Å². The van der Waals surface area contributed by atoms with Crippen molar-refractivity contribution < 1.29 is 13.2 Å². The zero-order chi connectivity index (χ0) is 12.6. The number of anilines is 1. The van der Waals surface area contributed by atoms with Gasteiger partial charge in [0.1, 0.15) is 0 Å². The van der Waals surface area contributed by atoms with E-state index in [1.54, 1.807) is 0 Å². The van der Waals surface area contributed by atoms with Gasteiger partial charge in [0.15, 0.2) is 17.5 Å². The van der Waals surface area contributed by atoms with Crippen molar-refractivity contribution in [2.75, 3.05) is 5.32 Å². The SMILES string of the molecule is CC1(C)CCC(Nc2nc(F)c(F)cc2F)C1. The lowest BCUT2D eigenvalue weighted by Gasteiger charge is -2.18. The van der Waals surface area contributed by atoms with Gasteiger partial charge in [0.05, 0.1) is 0 Å². The van der Waals surface area contributed by atoms with Gasteiger partial charge in [-0.3, -0.25) is 0 Å². The number of halogens is 3. The van der Waals surface area contributed by atoms with Gasteiger partial charge in [-0.15, -0.1) is 0 Å². The fourth-order valence-electron chi connectivity index (χ4n) is 2.30. The third kappa shape index (κ3) is 2.70. The summed E-state index contributed by atoms with van der Waals surface area (Å²) in [7, 11) is 0. The lowest BCUT2D eigenvalue weighted by atomic mass is 9.92. The summed E-state index contributed by atoms with van der Waals surface area (Å²) in [4.78, 5) is 3.26. The number of hydrogen-bond donors (Lipinski definition) is 1. The molecule has 0 radical (unpaired) electrons. The Hall–Kier alpha value is -1.26. The van der Waals surface area contributed by atoms with E-state index in [1.165, 1.54) is 0 Å². The highest BCUT2D eigenvalue weighted by atomic mass is 19.2. The molecule has 0 aromatic carbocycles. The Bertz CT molecular complexity index is 432. The van der Waals surface area contributed by atoms with Crippen LogP contribution >= 0.6 is 0 Å². The lowest BCUT2D eigenvalue weighted by Crippen LogP contribution is -2.19. The second-order valence-corrected chi connectivity index (χ2v) is 5.34. The summed E-state index contributed by atoms with van der Waals surface area (Å²) in [6.07, 6.45) is 2.77. The molecule has 0 spiro atoms. The number of nitrogens with one attached hydrogen (secondary N) is 1. The van der Waals surface area contributed by atoms with Gasteiger partial charge in [0.2, 0.25) is 0 Å². The largest absolute Gasteiger partial charge is 0.365 e. The van der Waals surface area contributed by atoms with Crippen molar-refractivity contribution in [3.63, 3.8) is 0 Å². The first kappa shape index (κ1) is 12.2. The van der Waals surface area contributed by atoms with Gasteiger partial charge in [-0.1, -0.05) is 13.8 Å². The molecule has 1 aromatic rings. The maximum Gasteiger partial charge on any atom is 0.251 e. The first-order valence-corrected chi connectivity index (χ1v) is 5.65. The van der Waals surface area contributed by atoms with E-state index in [9.17, 15) is 13.2 Å². The molecule has 1 N–H and O–H groups in total. The van der Waals surface area contributed by atoms with Crippen LogP contribution in [0.3, 0.4) is 0 Å². The molecule has 0 bridgehead atoms. The Kier molecular flexibility index (Phi) is 3.02. The average molecular weight is 244 g/mol. The molecule has 0 amide bonds. The van der Waals surface area contributed by atoms with Crippen molar-refractivity contribution in [3.05, 3.63) is 23.6 Å². The van der Waals surface area contributed by atoms with Crippen molar-refractivity contribution in [2.45, 2.75) is 39.2 Å². The number of rotatable bonds is 2. The van der Waals surface area contributed by atoms with Crippen LogP contribution in [0.25, 0.3) is 0 Å². The maximum absolute atomic E-state index is 13.3. The fourth-order valence-corrected chi connectivity index (χ4v) is 2.30. The zero-order valence-electron chi connectivity index (χ0n) is 9.86. The Morgan fingerprint density at radius 1 is 1.29 bits per heavy atom. The third-order valence-electron chi connectivity index (χ3n) is 3.20. The van der Waals surface area contributed by atoms with Gasteiger partial charge in [0.25, 0.3) is 5.95 Å². The molecule has 0 saturated heterocycles. The van der Waals surface area contributed by atoms with Crippen molar-refractivity contribution >= 4 is 5.82 Å². The van der Waals surface area contributed by atoms with Gasteiger partial charge in [-0.25, -0.2) is 8.78 Å². The highest BCUT2D eigenvalue weighted by Gasteiger charge is 2.31. The zero-order valence-corrected chi connectivity index (χ0v) is 9.86. The van der Waals surface area contributed by atoms with Crippen LogP contribution in [-0.2, 0) is 0 Å². The van der Waals surface area contributed by atoms with E-state index in [4.69, 9.17) is 0 Å². The minimum absolute atomic E-state index is 0.0665. The molecular formula is C12H15F3N2. The molecular weight excluding hydrogens is 229 g/mol. The quantitative estimate of drug-likeness (QED) is 0.805. The number of pyridine rings is 1. The molecule has 2 rings (SSSR count). The minimum atomic E-state index is -1.27. The van der Waals surface area contributed by atoms with E-state index >= 15 is 0 Å². The Labute approximate surface area is 98.2 Å². The first-order valence-electron chi connectivity index (χ1n) is 5.65.